The van der Waals surface area contributed by atoms with Gasteiger partial charge in [-0.1, -0.05) is 60.7 Å². The molecule has 1 aliphatic rings. The Labute approximate surface area is 200 Å². The molecule has 3 N–H and O–H groups in total. The van der Waals surface area contributed by atoms with Gasteiger partial charge in [0.1, 0.15) is 11.7 Å². The number of anilines is 2. The molecule has 6 heteroatoms. The van der Waals surface area contributed by atoms with E-state index >= 15 is 0 Å². The van der Waals surface area contributed by atoms with E-state index in [1.165, 1.54) is 0 Å². The van der Waals surface area contributed by atoms with E-state index in [1.54, 1.807) is 6.07 Å². The summed E-state index contributed by atoms with van der Waals surface area (Å²) in [5, 5.41) is 27.3. The number of hydrogen-bond donors (Lipinski definition) is 3. The lowest BCUT2D eigenvalue weighted by Crippen LogP contribution is -2.44. The van der Waals surface area contributed by atoms with E-state index in [-0.39, 0.29) is 11.9 Å². The molecule has 0 spiro atoms. The average molecular weight is 455 g/mol. The van der Waals surface area contributed by atoms with Crippen LogP contribution in [0, 0.1) is 17.2 Å². The van der Waals surface area contributed by atoms with Crippen molar-refractivity contribution in [2.45, 2.75) is 25.4 Å². The van der Waals surface area contributed by atoms with Gasteiger partial charge in [-0.15, -0.1) is 0 Å². The molecule has 0 radical (unpaired) electrons. The van der Waals surface area contributed by atoms with Crippen LogP contribution in [0.1, 0.15) is 36.5 Å². The molecule has 1 aliphatic heterocycles. The molecule has 2 amide bonds. The summed E-state index contributed by atoms with van der Waals surface area (Å²) in [5.74, 6) is 0.0396. The van der Waals surface area contributed by atoms with Gasteiger partial charge in [0.05, 0.1) is 11.3 Å². The maximum absolute atomic E-state index is 12.1. The molecule has 1 saturated heterocycles. The maximum Gasteiger partial charge on any atom is 0.319 e. The summed E-state index contributed by atoms with van der Waals surface area (Å²) in [6.07, 6.45) is 1.56. The fourth-order valence-electron chi connectivity index (χ4n) is 4.88. The van der Waals surface area contributed by atoms with Crippen molar-refractivity contribution in [3.05, 3.63) is 95.6 Å². The second kappa shape index (κ2) is 10.4. The van der Waals surface area contributed by atoms with Crippen LogP contribution >= 0.6 is 0 Å². The Balaban J connectivity index is 1.54. The SMILES string of the molecule is CCNC(=O)Nc1ccc(N2CCC(C(O)(c3ccccc3)c3ccccc3)CC2)c(C#N)c1. The van der Waals surface area contributed by atoms with Crippen molar-refractivity contribution in [1.82, 2.24) is 5.32 Å². The molecule has 1 fully saturated rings. The van der Waals surface area contributed by atoms with Gasteiger partial charge in [-0.05, 0) is 55.0 Å². The molecule has 0 aliphatic carbocycles. The standard InChI is InChI=1S/C28H30N4O2/c1-2-30-27(33)31-25-13-14-26(21(19-25)20-29)32-17-15-24(16-18-32)28(34,22-9-5-3-6-10-22)23-11-7-4-8-12-23/h3-14,19,24,34H,2,15-18H2,1H3,(H2,30,31,33). The normalized spacial score (nSPS) is 14.3. The summed E-state index contributed by atoms with van der Waals surface area (Å²) < 4.78 is 0. The lowest BCUT2D eigenvalue weighted by molar-refractivity contribution is 0.00505. The first-order valence-corrected chi connectivity index (χ1v) is 11.7. The van der Waals surface area contributed by atoms with Crippen molar-refractivity contribution in [2.24, 2.45) is 5.92 Å². The maximum atomic E-state index is 12.1. The van der Waals surface area contributed by atoms with Gasteiger partial charge < -0.3 is 20.6 Å². The highest BCUT2D eigenvalue weighted by Gasteiger charge is 2.41. The number of nitrogens with zero attached hydrogens (tertiary/aromatic N) is 2. The van der Waals surface area contributed by atoms with Crippen molar-refractivity contribution >= 4 is 17.4 Å². The van der Waals surface area contributed by atoms with Crippen molar-refractivity contribution in [1.29, 1.82) is 5.26 Å². The van der Waals surface area contributed by atoms with Gasteiger partial charge in [-0.3, -0.25) is 0 Å². The van der Waals surface area contributed by atoms with E-state index in [0.29, 0.717) is 17.8 Å². The van der Waals surface area contributed by atoms with E-state index in [1.807, 2.05) is 79.7 Å². The van der Waals surface area contributed by atoms with Gasteiger partial charge in [-0.2, -0.15) is 5.26 Å². The molecular weight excluding hydrogens is 424 g/mol. The van der Waals surface area contributed by atoms with Gasteiger partial charge in [0.15, 0.2) is 0 Å². The van der Waals surface area contributed by atoms with Crippen LogP contribution in [0.4, 0.5) is 16.2 Å². The molecule has 1 heterocycles. The summed E-state index contributed by atoms with van der Waals surface area (Å²) in [7, 11) is 0. The molecule has 6 nitrogen and oxygen atoms in total. The Hall–Kier alpha value is -3.82. The topological polar surface area (TPSA) is 88.4 Å². The van der Waals surface area contributed by atoms with Crippen molar-refractivity contribution in [3.63, 3.8) is 0 Å². The molecule has 4 rings (SSSR count). The number of benzene rings is 3. The monoisotopic (exact) mass is 454 g/mol. The lowest BCUT2D eigenvalue weighted by Gasteiger charge is -2.43. The third kappa shape index (κ3) is 4.75. The van der Waals surface area contributed by atoms with Gasteiger partial charge in [0.25, 0.3) is 0 Å². The van der Waals surface area contributed by atoms with Crippen molar-refractivity contribution in [3.8, 4) is 6.07 Å². The zero-order chi connectivity index (χ0) is 24.0. The van der Waals surface area contributed by atoms with E-state index < -0.39 is 5.60 Å². The minimum atomic E-state index is -1.08. The highest BCUT2D eigenvalue weighted by atomic mass is 16.3. The molecule has 0 saturated carbocycles. The number of hydrogen-bond acceptors (Lipinski definition) is 4. The summed E-state index contributed by atoms with van der Waals surface area (Å²) in [4.78, 5) is 14.0. The zero-order valence-corrected chi connectivity index (χ0v) is 19.4. The van der Waals surface area contributed by atoms with E-state index in [0.717, 1.165) is 42.7 Å². The second-order valence-electron chi connectivity index (χ2n) is 8.59. The fourth-order valence-corrected chi connectivity index (χ4v) is 4.88. The molecule has 174 valence electrons. The summed E-state index contributed by atoms with van der Waals surface area (Å²) in [5.41, 5.74) is 2.69. The van der Waals surface area contributed by atoms with Crippen LogP contribution in [0.25, 0.3) is 0 Å². The predicted octanol–water partition coefficient (Wildman–Crippen LogP) is 4.85. The van der Waals surface area contributed by atoms with E-state index in [9.17, 15) is 15.2 Å². The predicted molar refractivity (Wildman–Crippen MR) is 135 cm³/mol. The van der Waals surface area contributed by atoms with Crippen molar-refractivity contribution < 1.29 is 9.90 Å². The van der Waals surface area contributed by atoms with Crippen LogP contribution in [0.3, 0.4) is 0 Å². The minimum absolute atomic E-state index is 0.0396. The number of nitriles is 1. The second-order valence-corrected chi connectivity index (χ2v) is 8.59. The third-order valence-electron chi connectivity index (χ3n) is 6.57. The quantitative estimate of drug-likeness (QED) is 0.497. The van der Waals surface area contributed by atoms with Gasteiger partial charge in [0, 0.05) is 25.3 Å². The number of carbonyl (C=O) groups excluding carboxylic acids is 1. The Morgan fingerprint density at radius 3 is 2.15 bits per heavy atom. The molecule has 34 heavy (non-hydrogen) atoms. The molecule has 3 aromatic rings. The molecule has 0 aromatic heterocycles. The van der Waals surface area contributed by atoms with Crippen LogP contribution in [-0.4, -0.2) is 30.8 Å². The summed E-state index contributed by atoms with van der Waals surface area (Å²) in [6.45, 7) is 3.83. The van der Waals surface area contributed by atoms with Gasteiger partial charge in [0.2, 0.25) is 0 Å². The Kier molecular flexibility index (Phi) is 7.15. The smallest absolute Gasteiger partial charge is 0.319 e. The summed E-state index contributed by atoms with van der Waals surface area (Å²) in [6, 6.07) is 27.2. The number of piperidine rings is 1. The highest BCUT2D eigenvalue weighted by molar-refractivity contribution is 5.89. The fraction of sp³-hybridized carbons (Fsp3) is 0.286. The zero-order valence-electron chi connectivity index (χ0n) is 19.4. The van der Waals surface area contributed by atoms with Crippen molar-refractivity contribution in [2.75, 3.05) is 29.9 Å². The molecule has 3 aromatic carbocycles. The van der Waals surface area contributed by atoms with E-state index in [2.05, 4.69) is 21.6 Å². The van der Waals surface area contributed by atoms with Crippen LogP contribution in [0.15, 0.2) is 78.9 Å². The van der Waals surface area contributed by atoms with Gasteiger partial charge in [-0.25, -0.2) is 4.79 Å². The number of amides is 2. The molecule has 0 unspecified atom stereocenters. The Morgan fingerprint density at radius 2 is 1.62 bits per heavy atom. The first kappa shape index (κ1) is 23.3. The summed E-state index contributed by atoms with van der Waals surface area (Å²) >= 11 is 0. The number of urea groups is 1. The van der Waals surface area contributed by atoms with E-state index in [4.69, 9.17) is 0 Å². The first-order valence-electron chi connectivity index (χ1n) is 11.7. The lowest BCUT2D eigenvalue weighted by atomic mass is 9.72. The Bertz CT molecular complexity index is 1110. The van der Waals surface area contributed by atoms with Crippen LogP contribution in [-0.2, 0) is 5.60 Å². The molecular formula is C28H30N4O2. The largest absolute Gasteiger partial charge is 0.380 e. The minimum Gasteiger partial charge on any atom is -0.380 e. The molecule has 0 atom stereocenters. The van der Waals surface area contributed by atoms with Crippen LogP contribution in [0.2, 0.25) is 0 Å². The third-order valence-corrected chi connectivity index (χ3v) is 6.57. The average Bonchev–Trinajstić information content (AvgIpc) is 2.89. The number of aliphatic hydroxyl groups is 1. The molecule has 0 bridgehead atoms. The Morgan fingerprint density at radius 1 is 1.03 bits per heavy atom. The van der Waals surface area contributed by atoms with Crippen LogP contribution in [0.5, 0.6) is 0 Å². The van der Waals surface area contributed by atoms with Gasteiger partial charge >= 0.3 is 6.03 Å². The number of rotatable bonds is 6. The highest BCUT2D eigenvalue weighted by Crippen LogP contribution is 2.42. The number of carbonyl (C=O) groups is 1. The number of nitrogens with one attached hydrogen (secondary N) is 2. The van der Waals surface area contributed by atoms with Crippen LogP contribution < -0.4 is 15.5 Å². The first-order chi connectivity index (χ1) is 16.6.